The molecular weight excluding hydrogens is 411 g/mol. The summed E-state index contributed by atoms with van der Waals surface area (Å²) in [7, 11) is 0. The van der Waals surface area contributed by atoms with E-state index >= 15 is 0 Å². The topological polar surface area (TPSA) is 55.4 Å². The first kappa shape index (κ1) is 20.3. The third kappa shape index (κ3) is 4.44. The summed E-state index contributed by atoms with van der Waals surface area (Å²) in [6, 6.07) is 11.1. The Bertz CT molecular complexity index is 942. The second kappa shape index (κ2) is 8.78. The fraction of sp³-hybridized carbons (Fsp3) is 0.318. The van der Waals surface area contributed by atoms with Crippen LogP contribution < -0.4 is 5.32 Å². The van der Waals surface area contributed by atoms with Crippen LogP contribution in [0.25, 0.3) is 5.70 Å². The van der Waals surface area contributed by atoms with Crippen LogP contribution >= 0.6 is 11.6 Å². The molecule has 2 aliphatic heterocycles. The summed E-state index contributed by atoms with van der Waals surface area (Å²) < 4.78 is 26.1. The largest absolute Gasteiger partial charge is 0.611 e. The van der Waals surface area contributed by atoms with Crippen molar-refractivity contribution in [2.24, 2.45) is 0 Å². The zero-order chi connectivity index (χ0) is 20.4. The minimum atomic E-state index is -1.21. The minimum absolute atomic E-state index is 0.248. The van der Waals surface area contributed by atoms with Crippen molar-refractivity contribution >= 4 is 40.1 Å². The van der Waals surface area contributed by atoms with Crippen LogP contribution in [-0.2, 0) is 16.0 Å². The summed E-state index contributed by atoms with van der Waals surface area (Å²) in [5.74, 6) is -0.232. The predicted octanol–water partition coefficient (Wildman–Crippen LogP) is 4.83. The molecule has 2 heterocycles. The zero-order valence-electron chi connectivity index (χ0n) is 15.9. The molecule has 2 aromatic rings. The van der Waals surface area contributed by atoms with Crippen LogP contribution in [0, 0.1) is 5.82 Å². The van der Waals surface area contributed by atoms with Gasteiger partial charge >= 0.3 is 0 Å². The van der Waals surface area contributed by atoms with Gasteiger partial charge in [0, 0.05) is 35.8 Å². The van der Waals surface area contributed by atoms with Crippen molar-refractivity contribution in [3.8, 4) is 0 Å². The summed E-state index contributed by atoms with van der Waals surface area (Å²) in [6.07, 6.45) is 3.66. The molecule has 2 aliphatic rings. The van der Waals surface area contributed by atoms with Gasteiger partial charge in [0.05, 0.1) is 11.3 Å². The third-order valence-electron chi connectivity index (χ3n) is 5.31. The van der Waals surface area contributed by atoms with E-state index < -0.39 is 11.2 Å². The van der Waals surface area contributed by atoms with Gasteiger partial charge in [-0.15, -0.1) is 0 Å². The summed E-state index contributed by atoms with van der Waals surface area (Å²) in [5, 5.41) is 3.43. The first-order valence-electron chi connectivity index (χ1n) is 9.76. The maximum Gasteiger partial charge on any atom is 0.253 e. The number of carbonyl (C=O) groups is 1. The van der Waals surface area contributed by atoms with Crippen LogP contribution in [0.5, 0.6) is 0 Å². The van der Waals surface area contributed by atoms with E-state index in [4.69, 9.17) is 11.6 Å². The van der Waals surface area contributed by atoms with E-state index in [1.807, 2.05) is 6.07 Å². The molecule has 1 saturated heterocycles. The molecule has 2 aromatic carbocycles. The van der Waals surface area contributed by atoms with Crippen LogP contribution in [0.2, 0.25) is 5.02 Å². The molecule has 1 N–H and O–H groups in total. The van der Waals surface area contributed by atoms with E-state index in [1.165, 1.54) is 24.3 Å². The van der Waals surface area contributed by atoms with E-state index in [1.54, 1.807) is 12.1 Å². The molecule has 0 aliphatic carbocycles. The maximum atomic E-state index is 13.2. The van der Waals surface area contributed by atoms with Gasteiger partial charge in [-0.2, -0.15) is 0 Å². The maximum absolute atomic E-state index is 13.2. The second-order valence-electron chi connectivity index (χ2n) is 7.28. The number of fused-ring (bicyclic) bond motifs is 1. The van der Waals surface area contributed by atoms with Crippen molar-refractivity contribution in [2.45, 2.75) is 30.6 Å². The van der Waals surface area contributed by atoms with Crippen molar-refractivity contribution in [3.05, 3.63) is 64.4 Å². The number of nitrogens with zero attached hydrogens (tertiary/aromatic N) is 1. The normalized spacial score (nSPS) is 19.6. The zero-order valence-corrected chi connectivity index (χ0v) is 17.5. The van der Waals surface area contributed by atoms with Crippen molar-refractivity contribution < 1.29 is 13.7 Å². The summed E-state index contributed by atoms with van der Waals surface area (Å²) in [6.45, 7) is 1.70. The average Bonchev–Trinajstić information content (AvgIpc) is 2.86. The Morgan fingerprint density at radius 2 is 1.83 bits per heavy atom. The number of hydrogen-bond donors (Lipinski definition) is 1. The molecule has 1 amide bonds. The van der Waals surface area contributed by atoms with E-state index in [0.717, 1.165) is 48.5 Å². The molecule has 0 spiro atoms. The minimum Gasteiger partial charge on any atom is -0.611 e. The smallest absolute Gasteiger partial charge is 0.253 e. The molecule has 7 heteroatoms. The fourth-order valence-electron chi connectivity index (χ4n) is 3.91. The van der Waals surface area contributed by atoms with Gasteiger partial charge in [-0.05, 0) is 72.9 Å². The molecule has 1 unspecified atom stereocenters. The molecule has 1 fully saturated rings. The summed E-state index contributed by atoms with van der Waals surface area (Å²) in [4.78, 5) is 16.2. The Kier molecular flexibility index (Phi) is 6.13. The number of rotatable bonds is 3. The number of benzene rings is 2. The Balaban J connectivity index is 1.79. The van der Waals surface area contributed by atoms with Crippen molar-refractivity contribution in [2.75, 3.05) is 24.2 Å². The number of piperidine rings is 1. The molecule has 4 rings (SSSR count). The van der Waals surface area contributed by atoms with Gasteiger partial charge in [-0.25, -0.2) is 4.39 Å². The number of amides is 1. The van der Waals surface area contributed by atoms with Gasteiger partial charge in [0.2, 0.25) is 0 Å². The average molecular weight is 433 g/mol. The first-order chi connectivity index (χ1) is 14.0. The number of hydrogen-bond acceptors (Lipinski definition) is 3. The molecule has 1 atom stereocenters. The lowest BCUT2D eigenvalue weighted by atomic mass is 9.99. The van der Waals surface area contributed by atoms with E-state index in [9.17, 15) is 13.7 Å². The van der Waals surface area contributed by atoms with Gasteiger partial charge < -0.3 is 14.8 Å². The highest BCUT2D eigenvalue weighted by molar-refractivity contribution is 7.91. The lowest BCUT2D eigenvalue weighted by molar-refractivity contribution is -0.113. The lowest BCUT2D eigenvalue weighted by Crippen LogP contribution is -2.31. The van der Waals surface area contributed by atoms with Gasteiger partial charge in [-0.1, -0.05) is 11.6 Å². The van der Waals surface area contributed by atoms with Crippen LogP contribution in [0.4, 0.5) is 10.1 Å². The van der Waals surface area contributed by atoms with Gasteiger partial charge in [0.1, 0.15) is 11.6 Å². The van der Waals surface area contributed by atoms with Crippen LogP contribution in [0.1, 0.15) is 31.2 Å². The molecule has 0 saturated carbocycles. The SMILES string of the molecule is O=C(Nc1ccc(F)cc1)C1=C(N2CCCCC2)c2cc(Cl)ccc2[S+]([O-])CC1. The van der Waals surface area contributed by atoms with Gasteiger partial charge in [-0.3, -0.25) is 4.79 Å². The summed E-state index contributed by atoms with van der Waals surface area (Å²) in [5.41, 5.74) is 2.73. The van der Waals surface area contributed by atoms with Crippen LogP contribution in [0.15, 0.2) is 52.9 Å². The Hall–Kier alpha value is -2.02. The van der Waals surface area contributed by atoms with Crippen molar-refractivity contribution in [1.29, 1.82) is 0 Å². The molecule has 0 bridgehead atoms. The second-order valence-corrected chi connectivity index (χ2v) is 9.25. The van der Waals surface area contributed by atoms with Crippen molar-refractivity contribution in [1.82, 2.24) is 4.90 Å². The highest BCUT2D eigenvalue weighted by Gasteiger charge is 2.32. The highest BCUT2D eigenvalue weighted by atomic mass is 35.5. The fourth-order valence-corrected chi connectivity index (χ4v) is 5.31. The number of likely N-dealkylation sites (tertiary alicyclic amines) is 1. The van der Waals surface area contributed by atoms with Gasteiger partial charge in [0.15, 0.2) is 4.90 Å². The molecule has 0 aromatic heterocycles. The monoisotopic (exact) mass is 432 g/mol. The van der Waals surface area contributed by atoms with E-state index in [2.05, 4.69) is 10.2 Å². The number of nitrogens with one attached hydrogen (secondary N) is 1. The first-order valence-corrected chi connectivity index (χ1v) is 11.5. The molecular formula is C22H22ClFN2O2S. The molecule has 0 radical (unpaired) electrons. The lowest BCUT2D eigenvalue weighted by Gasteiger charge is -2.32. The highest BCUT2D eigenvalue weighted by Crippen LogP contribution is 2.37. The summed E-state index contributed by atoms with van der Waals surface area (Å²) >= 11 is 5.07. The van der Waals surface area contributed by atoms with Crippen LogP contribution in [-0.4, -0.2) is 34.2 Å². The van der Waals surface area contributed by atoms with Crippen molar-refractivity contribution in [3.63, 3.8) is 0 Å². The quantitative estimate of drug-likeness (QED) is 0.707. The third-order valence-corrected chi connectivity index (χ3v) is 6.97. The Labute approximate surface area is 177 Å². The number of carbonyl (C=O) groups excluding carboxylic acids is 1. The van der Waals surface area contributed by atoms with Crippen LogP contribution in [0.3, 0.4) is 0 Å². The standard InChI is InChI=1S/C22H22ClFN2O2S/c23-15-4-9-20-19(14-15)21(26-11-2-1-3-12-26)18(10-13-29(20)28)22(27)25-17-7-5-16(24)6-8-17/h4-9,14H,1-3,10-13H2,(H,25,27). The Morgan fingerprint density at radius 3 is 2.55 bits per heavy atom. The Morgan fingerprint density at radius 1 is 1.10 bits per heavy atom. The molecule has 4 nitrogen and oxygen atoms in total. The van der Waals surface area contributed by atoms with Gasteiger partial charge in [0.25, 0.3) is 5.91 Å². The predicted molar refractivity (Wildman–Crippen MR) is 115 cm³/mol. The van der Waals surface area contributed by atoms with E-state index in [-0.39, 0.29) is 11.7 Å². The van der Waals surface area contributed by atoms with E-state index in [0.29, 0.717) is 28.5 Å². The number of halogens is 2. The number of anilines is 1. The molecule has 152 valence electrons. The molecule has 29 heavy (non-hydrogen) atoms.